The summed E-state index contributed by atoms with van der Waals surface area (Å²) in [6.45, 7) is 3.44. The van der Waals surface area contributed by atoms with Crippen LogP contribution < -0.4 is 9.64 Å². The molecule has 21 heavy (non-hydrogen) atoms. The Balaban J connectivity index is 1.89. The molecule has 0 spiro atoms. The van der Waals surface area contributed by atoms with Crippen LogP contribution in [0.5, 0.6) is 5.75 Å². The number of hydrogen-bond donors (Lipinski definition) is 0. The van der Waals surface area contributed by atoms with Crippen molar-refractivity contribution in [3.8, 4) is 16.9 Å². The molecule has 0 amide bonds. The summed E-state index contributed by atoms with van der Waals surface area (Å²) in [6.07, 6.45) is 0. The van der Waals surface area contributed by atoms with E-state index in [0.717, 1.165) is 48.9 Å². The van der Waals surface area contributed by atoms with E-state index in [4.69, 9.17) is 9.47 Å². The summed E-state index contributed by atoms with van der Waals surface area (Å²) < 4.78 is 25.2. The van der Waals surface area contributed by atoms with Gasteiger partial charge in [0.25, 0.3) is 0 Å². The van der Waals surface area contributed by atoms with E-state index in [9.17, 15) is 4.39 Å². The predicted molar refractivity (Wildman–Crippen MR) is 79.2 cm³/mol. The van der Waals surface area contributed by atoms with Crippen molar-refractivity contribution in [3.05, 3.63) is 47.8 Å². The van der Waals surface area contributed by atoms with Gasteiger partial charge in [-0.3, -0.25) is 0 Å². The minimum absolute atomic E-state index is 0.199. The van der Waals surface area contributed by atoms with Crippen LogP contribution in [0.25, 0.3) is 11.1 Å². The second-order valence-electron chi connectivity index (χ2n) is 5.30. The Hall–Kier alpha value is -2.07. The lowest BCUT2D eigenvalue weighted by atomic mass is 9.94. The van der Waals surface area contributed by atoms with Gasteiger partial charge in [0.15, 0.2) is 0 Å². The van der Waals surface area contributed by atoms with Gasteiger partial charge in [-0.05, 0) is 23.8 Å². The van der Waals surface area contributed by atoms with E-state index in [1.807, 2.05) is 18.2 Å². The molecule has 2 aliphatic heterocycles. The van der Waals surface area contributed by atoms with Crippen molar-refractivity contribution >= 4 is 5.69 Å². The maximum absolute atomic E-state index is 14.0. The van der Waals surface area contributed by atoms with Gasteiger partial charge in [0.2, 0.25) is 0 Å². The number of morpholine rings is 1. The molecule has 0 N–H and O–H groups in total. The molecule has 0 radical (unpaired) electrons. The molecular weight excluding hydrogens is 269 g/mol. The molecule has 0 aromatic heterocycles. The van der Waals surface area contributed by atoms with Crippen molar-refractivity contribution in [2.45, 2.75) is 6.61 Å². The van der Waals surface area contributed by atoms with Crippen molar-refractivity contribution in [2.75, 3.05) is 31.2 Å². The Morgan fingerprint density at radius 3 is 2.67 bits per heavy atom. The van der Waals surface area contributed by atoms with Crippen molar-refractivity contribution < 1.29 is 13.9 Å². The van der Waals surface area contributed by atoms with E-state index in [0.29, 0.717) is 12.2 Å². The maximum Gasteiger partial charge on any atom is 0.130 e. The first-order chi connectivity index (χ1) is 10.3. The molecule has 4 rings (SSSR count). The summed E-state index contributed by atoms with van der Waals surface area (Å²) in [5.41, 5.74) is 3.69. The second-order valence-corrected chi connectivity index (χ2v) is 5.30. The number of ether oxygens (including phenoxy) is 2. The molecule has 2 aromatic rings. The van der Waals surface area contributed by atoms with Gasteiger partial charge in [0, 0.05) is 29.9 Å². The third-order valence-corrected chi connectivity index (χ3v) is 4.12. The van der Waals surface area contributed by atoms with E-state index in [1.165, 1.54) is 6.07 Å². The van der Waals surface area contributed by atoms with Crippen LogP contribution >= 0.6 is 0 Å². The Labute approximate surface area is 122 Å². The van der Waals surface area contributed by atoms with E-state index in [1.54, 1.807) is 6.07 Å². The van der Waals surface area contributed by atoms with Crippen LogP contribution in [0.4, 0.5) is 10.1 Å². The van der Waals surface area contributed by atoms with Gasteiger partial charge in [-0.25, -0.2) is 4.39 Å². The van der Waals surface area contributed by atoms with Gasteiger partial charge >= 0.3 is 0 Å². The molecule has 4 heteroatoms. The van der Waals surface area contributed by atoms with Crippen LogP contribution in [-0.4, -0.2) is 26.3 Å². The summed E-state index contributed by atoms with van der Waals surface area (Å²) in [6, 6.07) is 11.3. The summed E-state index contributed by atoms with van der Waals surface area (Å²) >= 11 is 0. The quantitative estimate of drug-likeness (QED) is 0.803. The van der Waals surface area contributed by atoms with Crippen LogP contribution in [-0.2, 0) is 11.3 Å². The zero-order chi connectivity index (χ0) is 14.2. The molecule has 108 valence electrons. The Morgan fingerprint density at radius 2 is 1.81 bits per heavy atom. The Bertz CT molecular complexity index is 680. The van der Waals surface area contributed by atoms with Crippen molar-refractivity contribution in [2.24, 2.45) is 0 Å². The minimum atomic E-state index is -0.199. The largest absolute Gasteiger partial charge is 0.488 e. The number of hydrogen-bond acceptors (Lipinski definition) is 3. The van der Waals surface area contributed by atoms with E-state index in [-0.39, 0.29) is 5.82 Å². The van der Waals surface area contributed by atoms with Gasteiger partial charge in [-0.15, -0.1) is 0 Å². The topological polar surface area (TPSA) is 21.7 Å². The van der Waals surface area contributed by atoms with E-state index in [2.05, 4.69) is 11.0 Å². The molecule has 1 fully saturated rings. The SMILES string of the molecule is Fc1cccc2c1COc1cccc(N3CCOCC3)c1-2. The first-order valence-electron chi connectivity index (χ1n) is 7.21. The lowest BCUT2D eigenvalue weighted by Gasteiger charge is -2.33. The zero-order valence-corrected chi connectivity index (χ0v) is 11.6. The highest BCUT2D eigenvalue weighted by Gasteiger charge is 2.25. The summed E-state index contributed by atoms with van der Waals surface area (Å²) in [5.74, 6) is 0.632. The van der Waals surface area contributed by atoms with Gasteiger partial charge in [0.05, 0.1) is 13.2 Å². The number of nitrogens with zero attached hydrogens (tertiary/aromatic N) is 1. The normalized spacial score (nSPS) is 16.9. The lowest BCUT2D eigenvalue weighted by Crippen LogP contribution is -2.36. The molecule has 3 nitrogen and oxygen atoms in total. The number of benzene rings is 2. The summed E-state index contributed by atoms with van der Waals surface area (Å²) in [7, 11) is 0. The van der Waals surface area contributed by atoms with Crippen LogP contribution in [0, 0.1) is 5.82 Å². The van der Waals surface area contributed by atoms with Crippen LogP contribution in [0.3, 0.4) is 0 Å². The van der Waals surface area contributed by atoms with Gasteiger partial charge in [0.1, 0.15) is 18.2 Å². The minimum Gasteiger partial charge on any atom is -0.488 e. The van der Waals surface area contributed by atoms with Crippen molar-refractivity contribution in [3.63, 3.8) is 0 Å². The van der Waals surface area contributed by atoms with Gasteiger partial charge in [-0.2, -0.15) is 0 Å². The standard InChI is InChI=1S/C17H16FNO2/c18-14-4-1-3-12-13(14)11-21-16-6-2-5-15(17(12)16)19-7-9-20-10-8-19/h1-6H,7-11H2. The number of fused-ring (bicyclic) bond motifs is 3. The lowest BCUT2D eigenvalue weighted by molar-refractivity contribution is 0.122. The third-order valence-electron chi connectivity index (χ3n) is 4.12. The smallest absolute Gasteiger partial charge is 0.130 e. The highest BCUT2D eigenvalue weighted by atomic mass is 19.1. The number of anilines is 1. The molecule has 0 unspecified atom stereocenters. The third kappa shape index (κ3) is 2.07. The molecule has 2 aromatic carbocycles. The van der Waals surface area contributed by atoms with Crippen LogP contribution in [0.15, 0.2) is 36.4 Å². The number of halogens is 1. The first-order valence-corrected chi connectivity index (χ1v) is 7.21. The maximum atomic E-state index is 14.0. The van der Waals surface area contributed by atoms with Crippen LogP contribution in [0.1, 0.15) is 5.56 Å². The molecule has 2 aliphatic rings. The highest BCUT2D eigenvalue weighted by molar-refractivity contribution is 5.86. The molecule has 0 bridgehead atoms. The molecule has 2 heterocycles. The summed E-state index contributed by atoms with van der Waals surface area (Å²) in [5, 5.41) is 0. The van der Waals surface area contributed by atoms with Crippen molar-refractivity contribution in [1.29, 1.82) is 0 Å². The fraction of sp³-hybridized carbons (Fsp3) is 0.294. The first kappa shape index (κ1) is 12.7. The molecule has 0 aliphatic carbocycles. The molecule has 0 saturated carbocycles. The average molecular weight is 285 g/mol. The Morgan fingerprint density at radius 1 is 1.00 bits per heavy atom. The fourth-order valence-electron chi connectivity index (χ4n) is 3.07. The monoisotopic (exact) mass is 285 g/mol. The Kier molecular flexibility index (Phi) is 3.04. The summed E-state index contributed by atoms with van der Waals surface area (Å²) in [4.78, 5) is 2.28. The second kappa shape index (κ2) is 5.04. The molecule has 1 saturated heterocycles. The molecular formula is C17H16FNO2. The van der Waals surface area contributed by atoms with Crippen molar-refractivity contribution in [1.82, 2.24) is 0 Å². The zero-order valence-electron chi connectivity index (χ0n) is 11.6. The molecule has 0 atom stereocenters. The van der Waals surface area contributed by atoms with E-state index >= 15 is 0 Å². The van der Waals surface area contributed by atoms with E-state index < -0.39 is 0 Å². The highest BCUT2D eigenvalue weighted by Crippen LogP contribution is 2.44. The average Bonchev–Trinajstić information content (AvgIpc) is 2.55. The number of rotatable bonds is 1. The predicted octanol–water partition coefficient (Wildman–Crippen LogP) is 3.22. The fourth-order valence-corrected chi connectivity index (χ4v) is 3.07. The van der Waals surface area contributed by atoms with Gasteiger partial charge in [-0.1, -0.05) is 18.2 Å². The van der Waals surface area contributed by atoms with Gasteiger partial charge < -0.3 is 14.4 Å². The van der Waals surface area contributed by atoms with Crippen LogP contribution in [0.2, 0.25) is 0 Å².